The van der Waals surface area contributed by atoms with Crippen LogP contribution in [-0.2, 0) is 0 Å². The van der Waals surface area contributed by atoms with E-state index in [-0.39, 0.29) is 11.9 Å². The van der Waals surface area contributed by atoms with E-state index in [4.69, 9.17) is 0 Å². The molecule has 1 unspecified atom stereocenters. The van der Waals surface area contributed by atoms with Crippen molar-refractivity contribution >= 4 is 33.0 Å². The average Bonchev–Trinajstić information content (AvgIpc) is 2.61. The van der Waals surface area contributed by atoms with Gasteiger partial charge in [0, 0.05) is 27.6 Å². The van der Waals surface area contributed by atoms with E-state index >= 15 is 0 Å². The predicted octanol–water partition coefficient (Wildman–Crippen LogP) is 3.85. The Kier molecular flexibility index (Phi) is 3.52. The number of benzene rings is 1. The molecule has 1 aromatic carbocycles. The molecule has 1 aromatic heterocycles. The normalized spacial score (nSPS) is 13.6. The van der Waals surface area contributed by atoms with Crippen LogP contribution in [-0.4, -0.2) is 22.3 Å². The molecule has 0 saturated carbocycles. The van der Waals surface area contributed by atoms with Crippen molar-refractivity contribution < 1.29 is 5.11 Å². The number of aliphatic imine (C=N–C) groups is 1. The second-order valence-electron chi connectivity index (χ2n) is 4.11. The fourth-order valence-electron chi connectivity index (χ4n) is 1.61. The predicted molar refractivity (Wildman–Crippen MR) is 75.0 cm³/mol. The number of hydrogen-bond donors (Lipinski definition) is 2. The van der Waals surface area contributed by atoms with Gasteiger partial charge in [0.15, 0.2) is 5.88 Å². The molecule has 0 aliphatic heterocycles. The Bertz CT molecular complexity index is 560. The van der Waals surface area contributed by atoms with Gasteiger partial charge in [-0.15, -0.1) is 0 Å². The van der Waals surface area contributed by atoms with Gasteiger partial charge in [0.25, 0.3) is 0 Å². The lowest BCUT2D eigenvalue weighted by atomic mass is 10.2. The van der Waals surface area contributed by atoms with Gasteiger partial charge in [-0.25, -0.2) is 0 Å². The van der Waals surface area contributed by atoms with Gasteiger partial charge in [-0.05, 0) is 31.5 Å². The highest BCUT2D eigenvalue weighted by Crippen LogP contribution is 2.28. The largest absolute Gasteiger partial charge is 0.494 e. The topological polar surface area (TPSA) is 48.4 Å². The Hall–Kier alpha value is -1.29. The second kappa shape index (κ2) is 4.92. The van der Waals surface area contributed by atoms with Gasteiger partial charge in [0.05, 0.1) is 5.56 Å². The molecule has 0 radical (unpaired) electrons. The highest BCUT2D eigenvalue weighted by Gasteiger charge is 2.09. The zero-order chi connectivity index (χ0) is 12.4. The zero-order valence-corrected chi connectivity index (χ0v) is 11.5. The smallest absolute Gasteiger partial charge is 0.198 e. The molecule has 2 aromatic rings. The molecular formula is C13H15BrN2O. The Morgan fingerprint density at radius 1 is 1.53 bits per heavy atom. The van der Waals surface area contributed by atoms with E-state index in [1.165, 1.54) is 0 Å². The van der Waals surface area contributed by atoms with Gasteiger partial charge < -0.3 is 10.1 Å². The molecule has 4 heteroatoms. The summed E-state index contributed by atoms with van der Waals surface area (Å²) in [5.41, 5.74) is 1.66. The number of H-pyrrole nitrogens is 1. The molecule has 0 aliphatic carbocycles. The first kappa shape index (κ1) is 12.2. The number of fused-ring (bicyclic) bond motifs is 1. The van der Waals surface area contributed by atoms with Crippen molar-refractivity contribution in [3.8, 4) is 5.88 Å². The summed E-state index contributed by atoms with van der Waals surface area (Å²) in [6.07, 6.45) is 2.73. The van der Waals surface area contributed by atoms with Crippen molar-refractivity contribution in [2.24, 2.45) is 4.99 Å². The first-order valence-corrected chi connectivity index (χ1v) is 6.44. The Balaban J connectivity index is 2.48. The van der Waals surface area contributed by atoms with E-state index in [1.807, 2.05) is 18.2 Å². The van der Waals surface area contributed by atoms with Gasteiger partial charge in [-0.3, -0.25) is 4.99 Å². The van der Waals surface area contributed by atoms with E-state index in [9.17, 15) is 5.11 Å². The minimum Gasteiger partial charge on any atom is -0.494 e. The summed E-state index contributed by atoms with van der Waals surface area (Å²) in [5.74, 6) is 0.171. The minimum atomic E-state index is 0.171. The summed E-state index contributed by atoms with van der Waals surface area (Å²) < 4.78 is 0.988. The number of halogens is 1. The fraction of sp³-hybridized carbons (Fsp3) is 0.308. The molecular weight excluding hydrogens is 280 g/mol. The SMILES string of the molecule is CCC(C)N=Cc1c(O)[nH]c2ccc(Br)cc12. The maximum Gasteiger partial charge on any atom is 0.198 e. The Morgan fingerprint density at radius 2 is 2.29 bits per heavy atom. The lowest BCUT2D eigenvalue weighted by Crippen LogP contribution is -1.95. The number of rotatable bonds is 3. The summed E-state index contributed by atoms with van der Waals surface area (Å²) in [7, 11) is 0. The van der Waals surface area contributed by atoms with Crippen LogP contribution in [0.1, 0.15) is 25.8 Å². The molecule has 0 bridgehead atoms. The van der Waals surface area contributed by atoms with Gasteiger partial charge >= 0.3 is 0 Å². The van der Waals surface area contributed by atoms with Crippen molar-refractivity contribution in [3.63, 3.8) is 0 Å². The molecule has 3 nitrogen and oxygen atoms in total. The van der Waals surface area contributed by atoms with Crippen molar-refractivity contribution in [1.29, 1.82) is 0 Å². The monoisotopic (exact) mass is 294 g/mol. The van der Waals surface area contributed by atoms with Crippen LogP contribution in [0, 0.1) is 0 Å². The molecule has 0 spiro atoms. The van der Waals surface area contributed by atoms with E-state index in [0.29, 0.717) is 0 Å². The first-order valence-electron chi connectivity index (χ1n) is 5.65. The quantitative estimate of drug-likeness (QED) is 0.830. The van der Waals surface area contributed by atoms with Crippen molar-refractivity contribution in [3.05, 3.63) is 28.2 Å². The van der Waals surface area contributed by atoms with Crippen molar-refractivity contribution in [2.45, 2.75) is 26.3 Å². The third kappa shape index (κ3) is 2.52. The van der Waals surface area contributed by atoms with Crippen LogP contribution in [0.25, 0.3) is 10.9 Å². The summed E-state index contributed by atoms with van der Waals surface area (Å²) >= 11 is 3.43. The standard InChI is InChI=1S/C13H15BrN2O/c1-3-8(2)15-7-11-10-6-9(14)4-5-12(10)16-13(11)17/h4-8,16-17H,3H2,1-2H3. The highest BCUT2D eigenvalue weighted by molar-refractivity contribution is 9.10. The molecule has 2 N–H and O–H groups in total. The third-order valence-corrected chi connectivity index (χ3v) is 3.32. The van der Waals surface area contributed by atoms with Crippen LogP contribution >= 0.6 is 15.9 Å². The number of aromatic nitrogens is 1. The van der Waals surface area contributed by atoms with Crippen molar-refractivity contribution in [1.82, 2.24) is 4.98 Å². The summed E-state index contributed by atoms with van der Waals surface area (Å²) in [5, 5.41) is 10.8. The molecule has 90 valence electrons. The van der Waals surface area contributed by atoms with E-state index in [0.717, 1.165) is 27.4 Å². The minimum absolute atomic E-state index is 0.171. The lowest BCUT2D eigenvalue weighted by Gasteiger charge is -1.99. The molecule has 17 heavy (non-hydrogen) atoms. The molecule has 0 fully saturated rings. The molecule has 1 atom stereocenters. The third-order valence-electron chi connectivity index (χ3n) is 2.83. The molecule has 0 aliphatic rings. The van der Waals surface area contributed by atoms with E-state index < -0.39 is 0 Å². The fourth-order valence-corrected chi connectivity index (χ4v) is 1.97. The number of aromatic hydroxyl groups is 1. The van der Waals surface area contributed by atoms with Crippen LogP contribution in [0.2, 0.25) is 0 Å². The van der Waals surface area contributed by atoms with E-state index in [2.05, 4.69) is 39.8 Å². The molecule has 0 saturated heterocycles. The van der Waals surface area contributed by atoms with E-state index in [1.54, 1.807) is 6.21 Å². The molecule has 1 heterocycles. The molecule has 2 rings (SSSR count). The lowest BCUT2D eigenvalue weighted by molar-refractivity contribution is 0.457. The average molecular weight is 295 g/mol. The Labute approximate surface area is 109 Å². The second-order valence-corrected chi connectivity index (χ2v) is 5.03. The Morgan fingerprint density at radius 3 is 3.00 bits per heavy atom. The van der Waals surface area contributed by atoms with Gasteiger partial charge in [-0.2, -0.15) is 0 Å². The van der Waals surface area contributed by atoms with Crippen LogP contribution < -0.4 is 0 Å². The summed E-state index contributed by atoms with van der Waals surface area (Å²) in [6, 6.07) is 6.11. The zero-order valence-electron chi connectivity index (χ0n) is 9.87. The van der Waals surface area contributed by atoms with Crippen molar-refractivity contribution in [2.75, 3.05) is 0 Å². The number of nitrogens with zero attached hydrogens (tertiary/aromatic N) is 1. The van der Waals surface area contributed by atoms with Crippen LogP contribution in [0.3, 0.4) is 0 Å². The summed E-state index contributed by atoms with van der Waals surface area (Å²) in [6.45, 7) is 4.14. The highest BCUT2D eigenvalue weighted by atomic mass is 79.9. The summed E-state index contributed by atoms with van der Waals surface area (Å²) in [4.78, 5) is 7.34. The first-order chi connectivity index (χ1) is 8.11. The van der Waals surface area contributed by atoms with Gasteiger partial charge in [0.2, 0.25) is 0 Å². The number of aromatic amines is 1. The van der Waals surface area contributed by atoms with Crippen LogP contribution in [0.4, 0.5) is 0 Å². The maximum atomic E-state index is 9.85. The van der Waals surface area contributed by atoms with Crippen LogP contribution in [0.15, 0.2) is 27.7 Å². The van der Waals surface area contributed by atoms with Crippen LogP contribution in [0.5, 0.6) is 5.88 Å². The van der Waals surface area contributed by atoms with Gasteiger partial charge in [-0.1, -0.05) is 22.9 Å². The maximum absolute atomic E-state index is 9.85. The number of nitrogens with one attached hydrogen (secondary N) is 1. The molecule has 0 amide bonds. The van der Waals surface area contributed by atoms with Gasteiger partial charge in [0.1, 0.15) is 0 Å². The number of hydrogen-bond acceptors (Lipinski definition) is 2.